The minimum atomic E-state index is 0.0127. The normalized spacial score (nSPS) is 31.4. The standard InChI is InChI=1S/C19H30N2O2/c1-14-10-15(2)13-20(12-14)18(22)11-19(23)21-9-5-7-16-6-3-4-8-17(16)21/h8,14-16H,3-7,9-13H2,1-2H3. The summed E-state index contributed by atoms with van der Waals surface area (Å²) in [6.45, 7) is 6.80. The Morgan fingerprint density at radius 1 is 1.09 bits per heavy atom. The Kier molecular flexibility index (Phi) is 5.08. The predicted octanol–water partition coefficient (Wildman–Crippen LogP) is 3.19. The molecule has 3 aliphatic rings. The highest BCUT2D eigenvalue weighted by atomic mass is 16.2. The Morgan fingerprint density at radius 2 is 1.78 bits per heavy atom. The molecule has 2 aliphatic heterocycles. The van der Waals surface area contributed by atoms with Crippen LogP contribution in [0.15, 0.2) is 11.8 Å². The van der Waals surface area contributed by atoms with Crippen LogP contribution in [0.3, 0.4) is 0 Å². The molecule has 2 fully saturated rings. The summed E-state index contributed by atoms with van der Waals surface area (Å²) < 4.78 is 0. The summed E-state index contributed by atoms with van der Waals surface area (Å²) >= 11 is 0. The molecule has 128 valence electrons. The first-order chi connectivity index (χ1) is 11.0. The molecule has 3 atom stereocenters. The molecular weight excluding hydrogens is 288 g/mol. The molecule has 2 saturated heterocycles. The van der Waals surface area contributed by atoms with E-state index in [0.29, 0.717) is 17.8 Å². The van der Waals surface area contributed by atoms with Crippen LogP contribution >= 0.6 is 0 Å². The highest BCUT2D eigenvalue weighted by molar-refractivity contribution is 5.97. The second kappa shape index (κ2) is 7.06. The lowest BCUT2D eigenvalue weighted by Gasteiger charge is -2.39. The van der Waals surface area contributed by atoms with Gasteiger partial charge in [0.2, 0.25) is 11.8 Å². The molecule has 2 heterocycles. The van der Waals surface area contributed by atoms with Gasteiger partial charge in [-0.05, 0) is 56.3 Å². The molecule has 0 spiro atoms. The molecule has 0 aromatic carbocycles. The topological polar surface area (TPSA) is 40.6 Å². The van der Waals surface area contributed by atoms with Crippen molar-refractivity contribution in [3.63, 3.8) is 0 Å². The van der Waals surface area contributed by atoms with Crippen molar-refractivity contribution in [3.8, 4) is 0 Å². The second-order valence-corrected chi connectivity index (χ2v) is 7.87. The minimum absolute atomic E-state index is 0.0127. The number of allylic oxidation sites excluding steroid dienone is 2. The summed E-state index contributed by atoms with van der Waals surface area (Å²) in [6.07, 6.45) is 9.24. The van der Waals surface area contributed by atoms with E-state index in [0.717, 1.165) is 32.5 Å². The van der Waals surface area contributed by atoms with Crippen LogP contribution in [0.4, 0.5) is 0 Å². The highest BCUT2D eigenvalue weighted by Crippen LogP contribution is 2.35. The quantitative estimate of drug-likeness (QED) is 0.734. The van der Waals surface area contributed by atoms with Crippen LogP contribution < -0.4 is 0 Å². The maximum atomic E-state index is 12.7. The summed E-state index contributed by atoms with van der Waals surface area (Å²) in [4.78, 5) is 29.1. The monoisotopic (exact) mass is 318 g/mol. The van der Waals surface area contributed by atoms with Crippen molar-refractivity contribution in [1.29, 1.82) is 0 Å². The van der Waals surface area contributed by atoms with Gasteiger partial charge in [-0.1, -0.05) is 19.9 Å². The van der Waals surface area contributed by atoms with Crippen molar-refractivity contribution in [3.05, 3.63) is 11.8 Å². The van der Waals surface area contributed by atoms with E-state index in [2.05, 4.69) is 19.9 Å². The molecule has 0 radical (unpaired) electrons. The molecule has 23 heavy (non-hydrogen) atoms. The molecule has 0 bridgehead atoms. The SMILES string of the molecule is CC1CC(C)CN(C(=O)CC(=O)N2CCCC3CCCC=C32)C1. The van der Waals surface area contributed by atoms with Crippen LogP contribution in [0.2, 0.25) is 0 Å². The highest BCUT2D eigenvalue weighted by Gasteiger charge is 2.33. The molecular formula is C19H30N2O2. The third kappa shape index (κ3) is 3.78. The van der Waals surface area contributed by atoms with E-state index in [4.69, 9.17) is 0 Å². The van der Waals surface area contributed by atoms with Gasteiger partial charge in [0.1, 0.15) is 6.42 Å². The van der Waals surface area contributed by atoms with Crippen LogP contribution in [0.25, 0.3) is 0 Å². The maximum absolute atomic E-state index is 12.7. The number of carbonyl (C=O) groups excluding carboxylic acids is 2. The van der Waals surface area contributed by atoms with Gasteiger partial charge in [0.15, 0.2) is 0 Å². The summed E-state index contributed by atoms with van der Waals surface area (Å²) in [5.74, 6) is 1.66. The summed E-state index contributed by atoms with van der Waals surface area (Å²) in [5.41, 5.74) is 1.21. The summed E-state index contributed by atoms with van der Waals surface area (Å²) in [7, 11) is 0. The fraction of sp³-hybridized carbons (Fsp3) is 0.789. The lowest BCUT2D eigenvalue weighted by Crippen LogP contribution is -2.46. The molecule has 2 amide bonds. The molecule has 3 rings (SSSR count). The van der Waals surface area contributed by atoms with Crippen LogP contribution in [-0.2, 0) is 9.59 Å². The van der Waals surface area contributed by atoms with Crippen LogP contribution in [0.5, 0.6) is 0 Å². The van der Waals surface area contributed by atoms with Crippen LogP contribution in [-0.4, -0.2) is 41.2 Å². The average Bonchev–Trinajstić information content (AvgIpc) is 2.53. The van der Waals surface area contributed by atoms with Crippen molar-refractivity contribution < 1.29 is 9.59 Å². The minimum Gasteiger partial charge on any atom is -0.342 e. The molecule has 0 aromatic heterocycles. The molecule has 4 heteroatoms. The van der Waals surface area contributed by atoms with Gasteiger partial charge in [-0.15, -0.1) is 0 Å². The number of piperidine rings is 2. The van der Waals surface area contributed by atoms with Gasteiger partial charge in [-0.25, -0.2) is 0 Å². The lowest BCUT2D eigenvalue weighted by atomic mass is 9.85. The van der Waals surface area contributed by atoms with E-state index >= 15 is 0 Å². The summed E-state index contributed by atoms with van der Waals surface area (Å²) in [5, 5.41) is 0. The fourth-order valence-electron chi connectivity index (χ4n) is 4.65. The van der Waals surface area contributed by atoms with E-state index in [1.165, 1.54) is 31.4 Å². The number of hydrogen-bond donors (Lipinski definition) is 0. The third-order valence-electron chi connectivity index (χ3n) is 5.60. The zero-order chi connectivity index (χ0) is 16.4. The van der Waals surface area contributed by atoms with Gasteiger partial charge in [0.25, 0.3) is 0 Å². The molecule has 4 nitrogen and oxygen atoms in total. The second-order valence-electron chi connectivity index (χ2n) is 7.87. The maximum Gasteiger partial charge on any atom is 0.236 e. The number of hydrogen-bond acceptors (Lipinski definition) is 2. The van der Waals surface area contributed by atoms with Crippen molar-refractivity contribution in [1.82, 2.24) is 9.80 Å². The van der Waals surface area contributed by atoms with E-state index in [-0.39, 0.29) is 18.2 Å². The Morgan fingerprint density at radius 3 is 2.52 bits per heavy atom. The number of nitrogens with zero attached hydrogens (tertiary/aromatic N) is 2. The van der Waals surface area contributed by atoms with Gasteiger partial charge < -0.3 is 9.80 Å². The zero-order valence-corrected chi connectivity index (χ0v) is 14.6. The first-order valence-electron chi connectivity index (χ1n) is 9.32. The van der Waals surface area contributed by atoms with Crippen molar-refractivity contribution in [2.75, 3.05) is 19.6 Å². The molecule has 0 N–H and O–H groups in total. The van der Waals surface area contributed by atoms with E-state index < -0.39 is 0 Å². The number of rotatable bonds is 2. The summed E-state index contributed by atoms with van der Waals surface area (Å²) in [6, 6.07) is 0. The van der Waals surface area contributed by atoms with Crippen molar-refractivity contribution >= 4 is 11.8 Å². The Hall–Kier alpha value is -1.32. The molecule has 1 aliphatic carbocycles. The zero-order valence-electron chi connectivity index (χ0n) is 14.6. The number of fused-ring (bicyclic) bond motifs is 1. The van der Waals surface area contributed by atoms with Gasteiger partial charge in [-0.3, -0.25) is 9.59 Å². The molecule has 0 aromatic rings. The van der Waals surface area contributed by atoms with Crippen molar-refractivity contribution in [2.24, 2.45) is 17.8 Å². The third-order valence-corrected chi connectivity index (χ3v) is 5.60. The van der Waals surface area contributed by atoms with Crippen LogP contribution in [0, 0.1) is 17.8 Å². The van der Waals surface area contributed by atoms with E-state index in [9.17, 15) is 9.59 Å². The van der Waals surface area contributed by atoms with E-state index in [1.807, 2.05) is 9.80 Å². The fourth-order valence-corrected chi connectivity index (χ4v) is 4.65. The Labute approximate surface area is 139 Å². The Balaban J connectivity index is 1.62. The van der Waals surface area contributed by atoms with Crippen LogP contribution in [0.1, 0.15) is 58.8 Å². The first kappa shape index (κ1) is 16.5. The van der Waals surface area contributed by atoms with Gasteiger partial charge in [-0.2, -0.15) is 0 Å². The molecule has 0 saturated carbocycles. The van der Waals surface area contributed by atoms with Crippen molar-refractivity contribution in [2.45, 2.75) is 58.8 Å². The average molecular weight is 318 g/mol. The number of amides is 2. The van der Waals surface area contributed by atoms with Gasteiger partial charge >= 0.3 is 0 Å². The number of likely N-dealkylation sites (tertiary alicyclic amines) is 2. The van der Waals surface area contributed by atoms with E-state index in [1.54, 1.807) is 0 Å². The smallest absolute Gasteiger partial charge is 0.236 e. The Bertz CT molecular complexity index is 490. The molecule has 3 unspecified atom stereocenters. The predicted molar refractivity (Wildman–Crippen MR) is 90.5 cm³/mol. The lowest BCUT2D eigenvalue weighted by molar-refractivity contribution is -0.141. The van der Waals surface area contributed by atoms with Gasteiger partial charge in [0, 0.05) is 25.3 Å². The largest absolute Gasteiger partial charge is 0.342 e. The first-order valence-corrected chi connectivity index (χ1v) is 9.32. The van der Waals surface area contributed by atoms with Gasteiger partial charge in [0.05, 0.1) is 0 Å². The number of carbonyl (C=O) groups is 2.